The summed E-state index contributed by atoms with van der Waals surface area (Å²) in [6.45, 7) is 1.22. The van der Waals surface area contributed by atoms with Crippen LogP contribution in [-0.2, 0) is 5.75 Å². The first-order chi connectivity index (χ1) is 12.1. The van der Waals surface area contributed by atoms with Crippen molar-refractivity contribution in [2.45, 2.75) is 17.3 Å². The van der Waals surface area contributed by atoms with Crippen molar-refractivity contribution in [3.05, 3.63) is 45.0 Å². The molecule has 3 heterocycles. The van der Waals surface area contributed by atoms with E-state index in [1.807, 2.05) is 12.1 Å². The molecule has 0 bridgehead atoms. The smallest absolute Gasteiger partial charge is 0.196 e. The highest BCUT2D eigenvalue weighted by Gasteiger charge is 2.16. The number of halogens is 3. The molecule has 0 unspecified atom stereocenters. The Bertz CT molecular complexity index is 948. The molecule has 0 radical (unpaired) electrons. The van der Waals surface area contributed by atoms with Crippen LogP contribution in [0.2, 0.25) is 15.1 Å². The van der Waals surface area contributed by atoms with Crippen molar-refractivity contribution >= 4 is 52.2 Å². The van der Waals surface area contributed by atoms with Gasteiger partial charge < -0.3 is 9.47 Å². The van der Waals surface area contributed by atoms with Crippen molar-refractivity contribution < 1.29 is 9.47 Å². The van der Waals surface area contributed by atoms with Crippen LogP contribution in [0.3, 0.4) is 0 Å². The van der Waals surface area contributed by atoms with E-state index in [1.165, 1.54) is 11.8 Å². The summed E-state index contributed by atoms with van der Waals surface area (Å²) < 4.78 is 13.1. The molecule has 2 aromatic heterocycles. The Balaban J connectivity index is 1.60. The fourth-order valence-electron chi connectivity index (χ4n) is 2.52. The number of nitrogens with zero attached hydrogens (tertiary/aromatic N) is 3. The Hall–Kier alpha value is -1.34. The van der Waals surface area contributed by atoms with E-state index in [0.717, 1.165) is 12.0 Å². The second kappa shape index (κ2) is 7.11. The van der Waals surface area contributed by atoms with Crippen LogP contribution in [0.5, 0.6) is 11.5 Å². The first-order valence-corrected chi connectivity index (χ1v) is 9.64. The minimum atomic E-state index is 0.463. The number of fused-ring (bicyclic) bond motifs is 2. The van der Waals surface area contributed by atoms with Crippen molar-refractivity contribution in [1.82, 2.24) is 14.6 Å². The van der Waals surface area contributed by atoms with Crippen LogP contribution < -0.4 is 9.47 Å². The molecule has 25 heavy (non-hydrogen) atoms. The fourth-order valence-corrected chi connectivity index (χ4v) is 4.15. The SMILES string of the molecule is Clc1cc(Cl)c2nnc(SCc3cc(Cl)c4c(c3)OCCCO4)n2c1. The van der Waals surface area contributed by atoms with Gasteiger partial charge in [-0.05, 0) is 23.8 Å². The molecule has 1 aliphatic heterocycles. The molecular formula is C16H12Cl3N3O2S. The molecule has 0 saturated heterocycles. The van der Waals surface area contributed by atoms with Crippen molar-refractivity contribution in [3.63, 3.8) is 0 Å². The highest BCUT2D eigenvalue weighted by Crippen LogP contribution is 2.39. The summed E-state index contributed by atoms with van der Waals surface area (Å²) in [4.78, 5) is 0. The van der Waals surface area contributed by atoms with Crippen molar-refractivity contribution in [1.29, 1.82) is 0 Å². The zero-order chi connectivity index (χ0) is 17.4. The molecule has 4 rings (SSSR count). The number of rotatable bonds is 3. The third-order valence-corrected chi connectivity index (χ3v) is 5.40. The van der Waals surface area contributed by atoms with Crippen LogP contribution in [0.25, 0.3) is 5.65 Å². The first-order valence-electron chi connectivity index (χ1n) is 7.52. The van der Waals surface area contributed by atoms with Gasteiger partial charge in [-0.1, -0.05) is 46.6 Å². The number of pyridine rings is 1. The average Bonchev–Trinajstić information content (AvgIpc) is 2.82. The Morgan fingerprint density at radius 1 is 1.04 bits per heavy atom. The van der Waals surface area contributed by atoms with Crippen LogP contribution in [0.1, 0.15) is 12.0 Å². The van der Waals surface area contributed by atoms with Gasteiger partial charge in [0.2, 0.25) is 0 Å². The summed E-state index contributed by atoms with van der Waals surface area (Å²) in [5.41, 5.74) is 1.58. The summed E-state index contributed by atoms with van der Waals surface area (Å²) in [5, 5.41) is 10.5. The quantitative estimate of drug-likeness (QED) is 0.553. The van der Waals surface area contributed by atoms with E-state index >= 15 is 0 Å². The van der Waals surface area contributed by atoms with Gasteiger partial charge in [-0.15, -0.1) is 10.2 Å². The molecule has 1 aliphatic rings. The van der Waals surface area contributed by atoms with E-state index < -0.39 is 0 Å². The lowest BCUT2D eigenvalue weighted by molar-refractivity contribution is 0.297. The standard InChI is InChI=1S/C16H12Cl3N3O2S/c17-10-6-12(19)15-20-21-16(22(15)7-10)25-8-9-4-11(18)14-13(5-9)23-2-1-3-24-14/h4-7H,1-3,8H2. The first kappa shape index (κ1) is 17.1. The third-order valence-electron chi connectivity index (χ3n) is 3.63. The predicted octanol–water partition coefficient (Wildman–Crippen LogP) is 5.14. The molecule has 130 valence electrons. The molecular weight excluding hydrogens is 405 g/mol. The summed E-state index contributed by atoms with van der Waals surface area (Å²) in [6, 6.07) is 5.47. The number of thioether (sulfide) groups is 1. The Morgan fingerprint density at radius 3 is 2.76 bits per heavy atom. The minimum absolute atomic E-state index is 0.463. The maximum atomic E-state index is 6.33. The van der Waals surface area contributed by atoms with E-state index in [0.29, 0.717) is 56.3 Å². The number of ether oxygens (including phenoxy) is 2. The van der Waals surface area contributed by atoms with Gasteiger partial charge in [0.25, 0.3) is 0 Å². The molecule has 1 aromatic carbocycles. The summed E-state index contributed by atoms with van der Waals surface area (Å²) in [7, 11) is 0. The summed E-state index contributed by atoms with van der Waals surface area (Å²) in [6.07, 6.45) is 2.58. The zero-order valence-electron chi connectivity index (χ0n) is 12.8. The monoisotopic (exact) mass is 415 g/mol. The van der Waals surface area contributed by atoms with E-state index in [9.17, 15) is 0 Å². The molecule has 0 N–H and O–H groups in total. The largest absolute Gasteiger partial charge is 0.489 e. The van der Waals surface area contributed by atoms with E-state index in [1.54, 1.807) is 16.7 Å². The summed E-state index contributed by atoms with van der Waals surface area (Å²) in [5.74, 6) is 1.93. The van der Waals surface area contributed by atoms with Gasteiger partial charge in [-0.2, -0.15) is 0 Å². The average molecular weight is 417 g/mol. The Morgan fingerprint density at radius 2 is 1.88 bits per heavy atom. The van der Waals surface area contributed by atoms with E-state index in [2.05, 4.69) is 10.2 Å². The number of benzene rings is 1. The van der Waals surface area contributed by atoms with Crippen LogP contribution in [-0.4, -0.2) is 27.8 Å². The highest BCUT2D eigenvalue weighted by molar-refractivity contribution is 7.98. The number of hydrogen-bond acceptors (Lipinski definition) is 5. The van der Waals surface area contributed by atoms with Crippen LogP contribution in [0.15, 0.2) is 29.6 Å². The van der Waals surface area contributed by atoms with Crippen molar-refractivity contribution in [3.8, 4) is 11.5 Å². The van der Waals surface area contributed by atoms with Gasteiger partial charge in [0.05, 0.1) is 28.3 Å². The van der Waals surface area contributed by atoms with Crippen molar-refractivity contribution in [2.75, 3.05) is 13.2 Å². The molecule has 9 heteroatoms. The van der Waals surface area contributed by atoms with E-state index in [-0.39, 0.29) is 0 Å². The minimum Gasteiger partial charge on any atom is -0.489 e. The zero-order valence-corrected chi connectivity index (χ0v) is 15.9. The van der Waals surface area contributed by atoms with Crippen LogP contribution in [0, 0.1) is 0 Å². The molecule has 0 amide bonds. The van der Waals surface area contributed by atoms with Gasteiger partial charge in [0.1, 0.15) is 0 Å². The second-order valence-electron chi connectivity index (χ2n) is 5.43. The topological polar surface area (TPSA) is 48.7 Å². The van der Waals surface area contributed by atoms with E-state index in [4.69, 9.17) is 44.3 Å². The van der Waals surface area contributed by atoms with Crippen LogP contribution in [0.4, 0.5) is 0 Å². The lowest BCUT2D eigenvalue weighted by atomic mass is 10.2. The normalized spacial score (nSPS) is 13.9. The molecule has 0 spiro atoms. The van der Waals surface area contributed by atoms with Gasteiger partial charge in [0.15, 0.2) is 22.3 Å². The van der Waals surface area contributed by atoms with Crippen LogP contribution >= 0.6 is 46.6 Å². The molecule has 3 aromatic rings. The Labute approximate surface area is 163 Å². The number of hydrogen-bond donors (Lipinski definition) is 0. The maximum absolute atomic E-state index is 6.33. The number of aromatic nitrogens is 3. The molecule has 0 atom stereocenters. The Kier molecular flexibility index (Phi) is 4.86. The predicted molar refractivity (Wildman–Crippen MR) is 99.6 cm³/mol. The highest BCUT2D eigenvalue weighted by atomic mass is 35.5. The van der Waals surface area contributed by atoms with Crippen molar-refractivity contribution in [2.24, 2.45) is 0 Å². The lowest BCUT2D eigenvalue weighted by Crippen LogP contribution is -1.97. The lowest BCUT2D eigenvalue weighted by Gasteiger charge is -2.11. The molecule has 0 fully saturated rings. The van der Waals surface area contributed by atoms with Gasteiger partial charge in [0, 0.05) is 18.4 Å². The third kappa shape index (κ3) is 3.49. The second-order valence-corrected chi connectivity index (χ2v) is 7.62. The summed E-state index contributed by atoms with van der Waals surface area (Å²) >= 11 is 20.1. The fraction of sp³-hybridized carbons (Fsp3) is 0.250. The van der Waals surface area contributed by atoms with Gasteiger partial charge >= 0.3 is 0 Å². The molecule has 5 nitrogen and oxygen atoms in total. The maximum Gasteiger partial charge on any atom is 0.196 e. The van der Waals surface area contributed by atoms with Gasteiger partial charge in [-0.3, -0.25) is 4.40 Å². The molecule has 0 aliphatic carbocycles. The van der Waals surface area contributed by atoms with Gasteiger partial charge in [-0.25, -0.2) is 0 Å². The molecule has 0 saturated carbocycles.